The minimum absolute atomic E-state index is 0.0360. The van der Waals surface area contributed by atoms with Gasteiger partial charge in [-0.25, -0.2) is 8.78 Å². The van der Waals surface area contributed by atoms with Gasteiger partial charge in [0.1, 0.15) is 5.82 Å². The van der Waals surface area contributed by atoms with E-state index in [-0.39, 0.29) is 32.8 Å². The molecule has 13 heteroatoms. The second-order valence-electron chi connectivity index (χ2n) is 7.99. The quantitative estimate of drug-likeness (QED) is 0.267. The van der Waals surface area contributed by atoms with Crippen LogP contribution in [-0.4, -0.2) is 32.3 Å². The van der Waals surface area contributed by atoms with Crippen molar-refractivity contribution in [1.82, 2.24) is 20.1 Å². The number of nitrogens with zero attached hydrogens (tertiary/aromatic N) is 3. The second-order valence-corrected chi connectivity index (χ2v) is 10.6. The molecule has 3 rings (SSSR count). The molecule has 0 radical (unpaired) electrons. The zero-order valence-electron chi connectivity index (χ0n) is 19.4. The summed E-state index contributed by atoms with van der Waals surface area (Å²) in [6.07, 6.45) is 0. The van der Waals surface area contributed by atoms with Gasteiger partial charge in [0.2, 0.25) is 5.91 Å². The Kier molecular flexibility index (Phi) is 9.73. The molecule has 1 atom stereocenters. The number of nitrogens with one attached hydrogen (secondary N) is 2. The molecule has 1 heterocycles. The zero-order chi connectivity index (χ0) is 26.6. The van der Waals surface area contributed by atoms with Crippen LogP contribution in [0.4, 0.5) is 14.5 Å². The standard InChI is InChI=1S/C23H22BrCl2F2N5O2S/c1-4-33-21(19(11(2)3)30-22(35)12-5-6-15(25)16(26)7-12)31-32-23(33)36-10-18(34)29-20-14(24)8-13(27)9-17(20)28/h5-9,11,19H,4,10H2,1-3H3,(H,29,34)(H,30,35)/t19-/m1/s1. The first kappa shape index (κ1) is 28.4. The topological polar surface area (TPSA) is 88.9 Å². The van der Waals surface area contributed by atoms with E-state index >= 15 is 0 Å². The van der Waals surface area contributed by atoms with Crippen molar-refractivity contribution in [2.24, 2.45) is 5.92 Å². The third kappa shape index (κ3) is 6.76. The van der Waals surface area contributed by atoms with Crippen molar-refractivity contribution in [1.29, 1.82) is 0 Å². The molecule has 0 unspecified atom stereocenters. The number of benzene rings is 2. The van der Waals surface area contributed by atoms with E-state index in [9.17, 15) is 18.4 Å². The van der Waals surface area contributed by atoms with Crippen molar-refractivity contribution >= 4 is 68.4 Å². The molecule has 0 bridgehead atoms. The molecule has 2 aromatic carbocycles. The minimum atomic E-state index is -0.892. The number of amides is 2. The van der Waals surface area contributed by atoms with Gasteiger partial charge in [-0.05, 0) is 53.0 Å². The van der Waals surface area contributed by atoms with Crippen LogP contribution in [0.3, 0.4) is 0 Å². The van der Waals surface area contributed by atoms with E-state index < -0.39 is 23.6 Å². The van der Waals surface area contributed by atoms with Gasteiger partial charge >= 0.3 is 0 Å². The first-order chi connectivity index (χ1) is 17.0. The van der Waals surface area contributed by atoms with Crippen LogP contribution in [0.25, 0.3) is 0 Å². The van der Waals surface area contributed by atoms with Crippen LogP contribution in [0.1, 0.15) is 43.0 Å². The molecule has 2 N–H and O–H groups in total. The van der Waals surface area contributed by atoms with Gasteiger partial charge in [0.15, 0.2) is 16.8 Å². The lowest BCUT2D eigenvalue weighted by Crippen LogP contribution is -2.33. The van der Waals surface area contributed by atoms with Crippen LogP contribution in [-0.2, 0) is 11.3 Å². The van der Waals surface area contributed by atoms with Gasteiger partial charge in [0.25, 0.3) is 5.91 Å². The predicted molar refractivity (Wildman–Crippen MR) is 141 cm³/mol. The molecular weight excluding hydrogens is 599 g/mol. The summed E-state index contributed by atoms with van der Waals surface area (Å²) in [5, 5.41) is 14.9. The fourth-order valence-electron chi connectivity index (χ4n) is 3.29. The number of rotatable bonds is 9. The van der Waals surface area contributed by atoms with Crippen molar-refractivity contribution in [2.45, 2.75) is 38.5 Å². The van der Waals surface area contributed by atoms with E-state index in [0.717, 1.165) is 17.8 Å². The van der Waals surface area contributed by atoms with Crippen molar-refractivity contribution in [3.8, 4) is 0 Å². The summed E-state index contributed by atoms with van der Waals surface area (Å²) in [6.45, 7) is 6.24. The lowest BCUT2D eigenvalue weighted by molar-refractivity contribution is -0.113. The van der Waals surface area contributed by atoms with Gasteiger partial charge in [-0.2, -0.15) is 0 Å². The Hall–Kier alpha value is -2.21. The Bertz CT molecular complexity index is 1270. The van der Waals surface area contributed by atoms with Crippen molar-refractivity contribution < 1.29 is 18.4 Å². The average Bonchev–Trinajstić information content (AvgIpc) is 3.22. The van der Waals surface area contributed by atoms with Crippen LogP contribution < -0.4 is 10.6 Å². The number of thioether (sulfide) groups is 1. The van der Waals surface area contributed by atoms with Crippen LogP contribution in [0.5, 0.6) is 0 Å². The minimum Gasteiger partial charge on any atom is -0.342 e. The van der Waals surface area contributed by atoms with Gasteiger partial charge in [0.05, 0.1) is 27.5 Å². The third-order valence-electron chi connectivity index (χ3n) is 5.08. The highest BCUT2D eigenvalue weighted by molar-refractivity contribution is 9.10. The largest absolute Gasteiger partial charge is 0.342 e. The van der Waals surface area contributed by atoms with Crippen molar-refractivity contribution in [3.05, 3.63) is 67.9 Å². The summed E-state index contributed by atoms with van der Waals surface area (Å²) in [5.74, 6) is -2.12. The van der Waals surface area contributed by atoms with E-state index in [0.29, 0.717) is 34.2 Å². The smallest absolute Gasteiger partial charge is 0.251 e. The molecule has 0 fully saturated rings. The first-order valence-corrected chi connectivity index (χ1v) is 13.3. The molecule has 36 heavy (non-hydrogen) atoms. The lowest BCUT2D eigenvalue weighted by atomic mass is 10.0. The zero-order valence-corrected chi connectivity index (χ0v) is 23.3. The van der Waals surface area contributed by atoms with Gasteiger partial charge in [-0.1, -0.05) is 48.8 Å². The maximum Gasteiger partial charge on any atom is 0.251 e. The van der Waals surface area contributed by atoms with Gasteiger partial charge in [-0.3, -0.25) is 9.59 Å². The highest BCUT2D eigenvalue weighted by Crippen LogP contribution is 2.29. The molecule has 2 amide bonds. The summed E-state index contributed by atoms with van der Waals surface area (Å²) in [4.78, 5) is 25.3. The Labute approximate surface area is 229 Å². The Balaban J connectivity index is 1.74. The second kappa shape index (κ2) is 12.4. The summed E-state index contributed by atoms with van der Waals surface area (Å²) in [6, 6.07) is 5.88. The molecular formula is C23H22BrCl2F2N5O2S. The lowest BCUT2D eigenvalue weighted by Gasteiger charge is -2.22. The van der Waals surface area contributed by atoms with Crippen molar-refractivity contribution in [2.75, 3.05) is 11.1 Å². The van der Waals surface area contributed by atoms with Crippen LogP contribution in [0.15, 0.2) is 40.0 Å². The predicted octanol–water partition coefficient (Wildman–Crippen LogP) is 6.50. The Morgan fingerprint density at radius 1 is 1.14 bits per heavy atom. The SMILES string of the molecule is CCn1c(SCC(=O)Nc2c(F)cc(F)cc2Br)nnc1[C@H](NC(=O)c1ccc(Cl)c(Cl)c1)C(C)C. The van der Waals surface area contributed by atoms with E-state index in [1.165, 1.54) is 6.07 Å². The third-order valence-corrected chi connectivity index (χ3v) is 7.41. The van der Waals surface area contributed by atoms with E-state index in [2.05, 4.69) is 36.8 Å². The molecule has 0 aliphatic carbocycles. The maximum atomic E-state index is 14.0. The van der Waals surface area contributed by atoms with E-state index in [1.807, 2.05) is 20.8 Å². The molecule has 0 aliphatic heterocycles. The highest BCUT2D eigenvalue weighted by Gasteiger charge is 2.26. The summed E-state index contributed by atoms with van der Waals surface area (Å²) in [7, 11) is 0. The average molecular weight is 621 g/mol. The Morgan fingerprint density at radius 2 is 1.86 bits per heavy atom. The molecule has 7 nitrogen and oxygen atoms in total. The van der Waals surface area contributed by atoms with Crippen LogP contribution in [0.2, 0.25) is 10.0 Å². The summed E-state index contributed by atoms with van der Waals surface area (Å²) >= 11 is 16.1. The number of carbonyl (C=O) groups excluding carboxylic acids is 2. The monoisotopic (exact) mass is 619 g/mol. The maximum absolute atomic E-state index is 14.0. The fraction of sp³-hybridized carbons (Fsp3) is 0.304. The van der Waals surface area contributed by atoms with E-state index in [1.54, 1.807) is 16.7 Å². The number of hydrogen-bond donors (Lipinski definition) is 2. The molecule has 192 valence electrons. The molecule has 0 saturated heterocycles. The van der Waals surface area contributed by atoms with Crippen LogP contribution >= 0.6 is 50.9 Å². The number of hydrogen-bond acceptors (Lipinski definition) is 5. The summed E-state index contributed by atoms with van der Waals surface area (Å²) < 4.78 is 29.2. The molecule has 0 aliphatic rings. The highest BCUT2D eigenvalue weighted by atomic mass is 79.9. The fourth-order valence-corrected chi connectivity index (χ4v) is 4.91. The molecule has 0 saturated carbocycles. The molecule has 3 aromatic rings. The number of carbonyl (C=O) groups is 2. The Morgan fingerprint density at radius 3 is 2.47 bits per heavy atom. The van der Waals surface area contributed by atoms with Gasteiger partial charge in [-0.15, -0.1) is 10.2 Å². The number of halogens is 5. The molecule has 0 spiro atoms. The molecule has 1 aromatic heterocycles. The number of anilines is 1. The van der Waals surface area contributed by atoms with Crippen molar-refractivity contribution in [3.63, 3.8) is 0 Å². The van der Waals surface area contributed by atoms with Gasteiger partial charge in [0, 0.05) is 22.6 Å². The van der Waals surface area contributed by atoms with Crippen LogP contribution in [0, 0.1) is 17.6 Å². The normalized spacial score (nSPS) is 12.0. The van der Waals surface area contributed by atoms with E-state index in [4.69, 9.17) is 23.2 Å². The number of aromatic nitrogens is 3. The van der Waals surface area contributed by atoms with Gasteiger partial charge < -0.3 is 15.2 Å². The first-order valence-electron chi connectivity index (χ1n) is 10.8. The summed E-state index contributed by atoms with van der Waals surface area (Å²) in [5.41, 5.74) is 0.201.